The topological polar surface area (TPSA) is 189 Å². The molecule has 11 heteroatoms. The van der Waals surface area contributed by atoms with E-state index >= 15 is 0 Å². The van der Waals surface area contributed by atoms with Gasteiger partial charge in [-0.15, -0.1) is 0 Å². The van der Waals surface area contributed by atoms with Crippen molar-refractivity contribution >= 4 is 5.91 Å². The van der Waals surface area contributed by atoms with Gasteiger partial charge in [-0.3, -0.25) is 4.79 Å². The minimum Gasteiger partial charge on any atom is -0.394 e. The van der Waals surface area contributed by atoms with Gasteiger partial charge in [-0.1, -0.05) is 193 Å². The van der Waals surface area contributed by atoms with Crippen LogP contribution in [0.25, 0.3) is 0 Å². The first-order valence-corrected chi connectivity index (χ1v) is 24.6. The number of nitrogens with one attached hydrogen (secondary N) is 1. The van der Waals surface area contributed by atoms with E-state index in [1.54, 1.807) is 0 Å². The average molecular weight is 844 g/mol. The number of unbranched alkanes of at least 4 members (excludes halogenated alkanes) is 27. The predicted octanol–water partition coefficient (Wildman–Crippen LogP) is 8.45. The lowest BCUT2D eigenvalue weighted by Crippen LogP contribution is -2.60. The van der Waals surface area contributed by atoms with Crippen molar-refractivity contribution in [1.29, 1.82) is 0 Å². The van der Waals surface area contributed by atoms with Gasteiger partial charge in [-0.2, -0.15) is 0 Å². The second kappa shape index (κ2) is 38.5. The van der Waals surface area contributed by atoms with Gasteiger partial charge in [0.25, 0.3) is 0 Å². The summed E-state index contributed by atoms with van der Waals surface area (Å²) < 4.78 is 11.1. The maximum atomic E-state index is 13.1. The number of aliphatic hydroxyl groups excluding tert-OH is 7. The maximum absolute atomic E-state index is 13.1. The first-order chi connectivity index (χ1) is 28.7. The number of amides is 1. The van der Waals surface area contributed by atoms with E-state index in [0.29, 0.717) is 12.8 Å². The monoisotopic (exact) mass is 844 g/mol. The third-order valence-corrected chi connectivity index (χ3v) is 12.1. The van der Waals surface area contributed by atoms with Gasteiger partial charge >= 0.3 is 0 Å². The largest absolute Gasteiger partial charge is 0.394 e. The Morgan fingerprint density at radius 1 is 0.576 bits per heavy atom. The fourth-order valence-corrected chi connectivity index (χ4v) is 7.97. The van der Waals surface area contributed by atoms with Crippen molar-refractivity contribution in [2.24, 2.45) is 0 Å². The molecule has 1 heterocycles. The molecule has 11 nitrogen and oxygen atoms in total. The van der Waals surface area contributed by atoms with Crippen LogP contribution in [0.1, 0.15) is 219 Å². The zero-order valence-corrected chi connectivity index (χ0v) is 37.7. The molecular formula is C48H93NO10. The lowest BCUT2D eigenvalue weighted by Gasteiger charge is -2.40. The molecule has 0 aromatic rings. The Bertz CT molecular complexity index is 970. The van der Waals surface area contributed by atoms with Crippen LogP contribution in [0, 0.1) is 0 Å². The molecule has 1 aliphatic heterocycles. The molecule has 0 aromatic carbocycles. The summed E-state index contributed by atoms with van der Waals surface area (Å²) in [5.74, 6) is -0.704. The van der Waals surface area contributed by atoms with Crippen LogP contribution in [0.15, 0.2) is 12.2 Å². The third kappa shape index (κ3) is 28.2. The highest BCUT2D eigenvalue weighted by atomic mass is 16.7. The van der Waals surface area contributed by atoms with Gasteiger partial charge in [0.2, 0.25) is 5.91 Å². The summed E-state index contributed by atoms with van der Waals surface area (Å²) in [7, 11) is 0. The highest BCUT2D eigenvalue weighted by molar-refractivity contribution is 5.80. The molecule has 0 aliphatic carbocycles. The van der Waals surface area contributed by atoms with Crippen molar-refractivity contribution in [2.75, 3.05) is 13.2 Å². The van der Waals surface area contributed by atoms with E-state index in [4.69, 9.17) is 9.47 Å². The van der Waals surface area contributed by atoms with Crippen molar-refractivity contribution in [2.45, 2.75) is 274 Å². The Balaban J connectivity index is 2.39. The highest BCUT2D eigenvalue weighted by Gasteiger charge is 2.44. The van der Waals surface area contributed by atoms with E-state index in [1.165, 1.54) is 141 Å². The van der Waals surface area contributed by atoms with Gasteiger partial charge in [0.1, 0.15) is 36.6 Å². The zero-order chi connectivity index (χ0) is 43.4. The molecule has 59 heavy (non-hydrogen) atoms. The molecule has 1 fully saturated rings. The Kier molecular flexibility index (Phi) is 36.5. The van der Waals surface area contributed by atoms with Crippen molar-refractivity contribution < 1.29 is 50.0 Å². The smallest absolute Gasteiger partial charge is 0.249 e. The summed E-state index contributed by atoms with van der Waals surface area (Å²) in [6.07, 6.45) is 29.8. The van der Waals surface area contributed by atoms with Crippen molar-refractivity contribution in [3.8, 4) is 0 Å². The Hall–Kier alpha value is -1.15. The summed E-state index contributed by atoms with van der Waals surface area (Å²) in [5.41, 5.74) is 0. The van der Waals surface area contributed by atoms with Crippen LogP contribution in [0.2, 0.25) is 0 Å². The molecule has 8 N–H and O–H groups in total. The normalized spacial score (nSPS) is 21.8. The minimum absolute atomic E-state index is 0.259. The zero-order valence-electron chi connectivity index (χ0n) is 37.7. The first-order valence-electron chi connectivity index (χ1n) is 24.6. The van der Waals surface area contributed by atoms with E-state index in [2.05, 4.69) is 31.3 Å². The maximum Gasteiger partial charge on any atom is 0.249 e. The Morgan fingerprint density at radius 2 is 1.00 bits per heavy atom. The van der Waals surface area contributed by atoms with Crippen LogP contribution < -0.4 is 5.32 Å². The molecule has 0 radical (unpaired) electrons. The average Bonchev–Trinajstić information content (AvgIpc) is 3.23. The van der Waals surface area contributed by atoms with E-state index < -0.39 is 74.2 Å². The first kappa shape index (κ1) is 55.9. The van der Waals surface area contributed by atoms with Crippen molar-refractivity contribution in [1.82, 2.24) is 5.32 Å². The molecule has 1 rings (SSSR count). The number of hydrogen-bond donors (Lipinski definition) is 8. The van der Waals surface area contributed by atoms with E-state index in [-0.39, 0.29) is 12.8 Å². The molecule has 1 saturated heterocycles. The number of ether oxygens (including phenoxy) is 2. The predicted molar refractivity (Wildman–Crippen MR) is 238 cm³/mol. The second-order valence-electron chi connectivity index (χ2n) is 17.5. The lowest BCUT2D eigenvalue weighted by atomic mass is 9.98. The number of carbonyl (C=O) groups is 1. The summed E-state index contributed by atoms with van der Waals surface area (Å²) in [6, 6.07) is -1.18. The van der Waals surface area contributed by atoms with E-state index in [9.17, 15) is 40.5 Å². The molecule has 0 bridgehead atoms. The number of allylic oxidation sites excluding steroid dienone is 2. The van der Waals surface area contributed by atoms with E-state index in [0.717, 1.165) is 38.5 Å². The molecule has 0 aromatic heterocycles. The lowest BCUT2D eigenvalue weighted by molar-refractivity contribution is -0.303. The van der Waals surface area contributed by atoms with Crippen LogP contribution in [-0.2, 0) is 14.3 Å². The van der Waals surface area contributed by atoms with E-state index in [1.807, 2.05) is 0 Å². The number of carbonyl (C=O) groups excluding carboxylic acids is 1. The number of rotatable bonds is 41. The van der Waals surface area contributed by atoms with Crippen LogP contribution in [0.5, 0.6) is 0 Å². The molecule has 1 unspecified atom stereocenters. The molecule has 9 atom stereocenters. The molecule has 1 aliphatic rings. The molecule has 0 spiro atoms. The van der Waals surface area contributed by atoms with Gasteiger partial charge in [0.15, 0.2) is 6.29 Å². The summed E-state index contributed by atoms with van der Waals surface area (Å²) in [6.45, 7) is 3.42. The number of aliphatic hydroxyl groups is 7. The van der Waals surface area contributed by atoms with Crippen molar-refractivity contribution in [3.05, 3.63) is 12.2 Å². The van der Waals surface area contributed by atoms with Gasteiger partial charge in [-0.25, -0.2) is 0 Å². The quantitative estimate of drug-likeness (QED) is 0.0219. The Labute approximate surface area is 360 Å². The molecular weight excluding hydrogens is 751 g/mol. The second-order valence-corrected chi connectivity index (χ2v) is 17.5. The third-order valence-electron chi connectivity index (χ3n) is 12.1. The fourth-order valence-electron chi connectivity index (χ4n) is 7.97. The summed E-state index contributed by atoms with van der Waals surface area (Å²) in [5, 5.41) is 75.6. The van der Waals surface area contributed by atoms with Crippen LogP contribution >= 0.6 is 0 Å². The van der Waals surface area contributed by atoms with Gasteiger partial charge in [0.05, 0.1) is 25.4 Å². The van der Waals surface area contributed by atoms with Crippen LogP contribution in [0.4, 0.5) is 0 Å². The summed E-state index contributed by atoms with van der Waals surface area (Å²) >= 11 is 0. The van der Waals surface area contributed by atoms with Gasteiger partial charge in [-0.05, 0) is 38.5 Å². The van der Waals surface area contributed by atoms with Crippen molar-refractivity contribution in [3.63, 3.8) is 0 Å². The SMILES string of the molecule is CCCCCCCCC/C=C/CCC[C@@H](O)[C@@H](O)C(CO[C@@H]1O[C@H](CO)[C@@H](O)[C@H](O)[C@@H]1O)NC(=O)[C@H](O)CCCCCCCCCCCCCCCCCCCCCC. The van der Waals surface area contributed by atoms with Gasteiger partial charge in [0, 0.05) is 0 Å². The molecule has 0 saturated carbocycles. The Morgan fingerprint density at radius 3 is 1.46 bits per heavy atom. The van der Waals surface area contributed by atoms with Gasteiger partial charge < -0.3 is 50.5 Å². The molecule has 350 valence electrons. The van der Waals surface area contributed by atoms with Crippen LogP contribution in [0.3, 0.4) is 0 Å². The minimum atomic E-state index is -1.66. The number of hydrogen-bond acceptors (Lipinski definition) is 10. The van der Waals surface area contributed by atoms with Crippen LogP contribution in [-0.4, -0.2) is 110 Å². The summed E-state index contributed by atoms with van der Waals surface area (Å²) in [4.78, 5) is 13.1. The fraction of sp³-hybridized carbons (Fsp3) is 0.938. The highest BCUT2D eigenvalue weighted by Crippen LogP contribution is 2.23. The molecule has 1 amide bonds. The standard InChI is InChI=1S/C48H93NO10/c1-3-5-7-9-11-13-15-17-18-19-20-21-22-23-24-26-28-30-32-34-36-41(52)47(57)49-39(38-58-48-46(56)45(55)44(54)42(37-50)59-48)43(53)40(51)35-33-31-29-27-25-16-14-12-10-8-6-4-2/h27,29,39-46,48,50-56H,3-26,28,30-38H2,1-2H3,(H,49,57)/b29-27+/t39?,40-,41-,42-,43+,44-,45+,46+,48-/m1/s1.